The molecule has 0 amide bonds. The molecule has 0 aliphatic carbocycles. The van der Waals surface area contributed by atoms with Crippen LogP contribution in [0.2, 0.25) is 0 Å². The fourth-order valence-corrected chi connectivity index (χ4v) is 7.63. The van der Waals surface area contributed by atoms with Crippen LogP contribution >= 0.6 is 11.3 Å². The van der Waals surface area contributed by atoms with Crippen LogP contribution < -0.4 is 9.62 Å². The number of benzene rings is 1. The molecule has 0 spiro atoms. The predicted octanol–water partition coefficient (Wildman–Crippen LogP) is 3.99. The highest BCUT2D eigenvalue weighted by Gasteiger charge is 2.35. The number of nitrogens with one attached hydrogen (secondary N) is 1. The quantitative estimate of drug-likeness (QED) is 0.683. The van der Waals surface area contributed by atoms with Crippen LogP contribution in [0.5, 0.6) is 0 Å². The smallest absolute Gasteiger partial charge is 0.271 e. The van der Waals surface area contributed by atoms with Crippen molar-refractivity contribution >= 4 is 43.7 Å². The number of aryl methyl sites for hydroxylation is 1. The minimum atomic E-state index is -3.95. The number of thiophene rings is 1. The molecule has 1 atom stereocenters. The molecular formula is C19H25F2N3O3S3. The molecular weight excluding hydrogens is 452 g/mol. The van der Waals surface area contributed by atoms with Crippen molar-refractivity contribution in [2.75, 3.05) is 36.8 Å². The Morgan fingerprint density at radius 3 is 2.37 bits per heavy atom. The average Bonchev–Trinajstić information content (AvgIpc) is 2.96. The molecule has 1 aromatic heterocycles. The second-order valence-electron chi connectivity index (χ2n) is 7.43. The summed E-state index contributed by atoms with van der Waals surface area (Å²) in [4.78, 5) is 2.94. The van der Waals surface area contributed by atoms with E-state index in [0.29, 0.717) is 26.7 Å². The van der Waals surface area contributed by atoms with E-state index in [1.165, 1.54) is 4.31 Å². The first-order valence-electron chi connectivity index (χ1n) is 9.37. The molecule has 1 unspecified atom stereocenters. The Hall–Kier alpha value is -1.56. The van der Waals surface area contributed by atoms with E-state index in [1.54, 1.807) is 57.1 Å². The molecule has 0 radical (unpaired) electrons. The van der Waals surface area contributed by atoms with E-state index in [2.05, 4.69) is 4.72 Å². The molecule has 166 valence electrons. The van der Waals surface area contributed by atoms with Crippen LogP contribution in [0.1, 0.15) is 23.3 Å². The molecule has 1 N–H and O–H groups in total. The van der Waals surface area contributed by atoms with E-state index in [1.807, 2.05) is 0 Å². The first-order valence-corrected chi connectivity index (χ1v) is 12.8. The minimum Gasteiger partial charge on any atom is -0.369 e. The van der Waals surface area contributed by atoms with E-state index in [9.17, 15) is 21.4 Å². The first kappa shape index (κ1) is 23.1. The van der Waals surface area contributed by atoms with Crippen molar-refractivity contribution < 1.29 is 21.4 Å². The van der Waals surface area contributed by atoms with Crippen LogP contribution in [0, 0.1) is 13.8 Å². The van der Waals surface area contributed by atoms with Gasteiger partial charge in [0, 0.05) is 30.8 Å². The van der Waals surface area contributed by atoms with Gasteiger partial charge in [0.15, 0.2) is 0 Å². The van der Waals surface area contributed by atoms with Gasteiger partial charge < -0.3 is 4.90 Å². The second kappa shape index (κ2) is 8.52. The molecule has 30 heavy (non-hydrogen) atoms. The van der Waals surface area contributed by atoms with Gasteiger partial charge in [0.2, 0.25) is 0 Å². The molecule has 6 nitrogen and oxygen atoms in total. The lowest BCUT2D eigenvalue weighted by atomic mass is 10.1. The summed E-state index contributed by atoms with van der Waals surface area (Å²) in [6.45, 7) is 3.69. The molecule has 1 aromatic carbocycles. The fourth-order valence-electron chi connectivity index (χ4n) is 3.41. The van der Waals surface area contributed by atoms with Crippen LogP contribution in [0.25, 0.3) is 0 Å². The van der Waals surface area contributed by atoms with Gasteiger partial charge in [0.25, 0.3) is 15.9 Å². The Balaban J connectivity index is 1.93. The predicted molar refractivity (Wildman–Crippen MR) is 118 cm³/mol. The van der Waals surface area contributed by atoms with E-state index in [4.69, 9.17) is 0 Å². The maximum Gasteiger partial charge on any atom is 0.271 e. The standard InChI is InChI=1S/C19H25F2N3O3S3/c1-13-17(29(25)23(3)4)14(2)28-18(13)30(26,27)22-15-7-5-6-8-16(15)24-11-9-19(20,21)10-12-24/h5-8,22H,9-12H2,1-4H3. The molecule has 1 aliphatic rings. The van der Waals surface area contributed by atoms with Crippen molar-refractivity contribution in [1.29, 1.82) is 0 Å². The number of sulfonamides is 1. The zero-order valence-electron chi connectivity index (χ0n) is 17.2. The summed E-state index contributed by atoms with van der Waals surface area (Å²) in [6, 6.07) is 6.78. The summed E-state index contributed by atoms with van der Waals surface area (Å²) in [7, 11) is -2.08. The van der Waals surface area contributed by atoms with Gasteiger partial charge in [-0.2, -0.15) is 0 Å². The molecule has 0 saturated carbocycles. The zero-order chi connectivity index (χ0) is 22.3. The number of hydrogen-bond donors (Lipinski definition) is 1. The highest BCUT2D eigenvalue weighted by Crippen LogP contribution is 2.38. The maximum absolute atomic E-state index is 13.5. The van der Waals surface area contributed by atoms with E-state index in [0.717, 1.165) is 11.3 Å². The Morgan fingerprint density at radius 2 is 1.77 bits per heavy atom. The molecule has 11 heteroatoms. The van der Waals surface area contributed by atoms with Gasteiger partial charge in [-0.05, 0) is 45.6 Å². The number of piperidine rings is 1. The molecule has 1 saturated heterocycles. The number of anilines is 2. The Bertz CT molecular complexity index is 1060. The Labute approximate surface area is 182 Å². The molecule has 0 bridgehead atoms. The van der Waals surface area contributed by atoms with Crippen molar-refractivity contribution in [2.45, 2.75) is 41.7 Å². The summed E-state index contributed by atoms with van der Waals surface area (Å²) in [5.74, 6) is -2.69. The largest absolute Gasteiger partial charge is 0.369 e. The summed E-state index contributed by atoms with van der Waals surface area (Å²) in [5.41, 5.74) is 1.36. The third-order valence-corrected chi connectivity index (χ3v) is 9.89. The van der Waals surface area contributed by atoms with Gasteiger partial charge >= 0.3 is 0 Å². The van der Waals surface area contributed by atoms with Crippen LogP contribution in [-0.4, -0.2) is 50.0 Å². The highest BCUT2D eigenvalue weighted by molar-refractivity contribution is 7.94. The van der Waals surface area contributed by atoms with E-state index >= 15 is 0 Å². The number of hydrogen-bond acceptors (Lipinski definition) is 5. The Morgan fingerprint density at radius 1 is 1.17 bits per heavy atom. The molecule has 1 aliphatic heterocycles. The van der Waals surface area contributed by atoms with Gasteiger partial charge in [-0.25, -0.2) is 25.7 Å². The van der Waals surface area contributed by atoms with Gasteiger partial charge in [-0.15, -0.1) is 11.3 Å². The molecule has 2 aromatic rings. The van der Waals surface area contributed by atoms with Crippen molar-refractivity contribution in [3.05, 3.63) is 34.7 Å². The van der Waals surface area contributed by atoms with Gasteiger partial charge in [0.1, 0.15) is 15.2 Å². The number of para-hydroxylation sites is 2. The van der Waals surface area contributed by atoms with E-state index < -0.39 is 26.9 Å². The fraction of sp³-hybridized carbons (Fsp3) is 0.474. The van der Waals surface area contributed by atoms with E-state index in [-0.39, 0.29) is 30.1 Å². The SMILES string of the molecule is Cc1sc(S(=O)(=O)Nc2ccccc2N2CCC(F)(F)CC2)c(C)c1S(=O)N(C)C. The normalized spacial score (nSPS) is 17.9. The lowest BCUT2D eigenvalue weighted by molar-refractivity contribution is -0.0220. The minimum absolute atomic E-state index is 0.102. The second-order valence-corrected chi connectivity index (χ2v) is 12.2. The topological polar surface area (TPSA) is 69.7 Å². The van der Waals surface area contributed by atoms with Crippen molar-refractivity contribution in [3.8, 4) is 0 Å². The summed E-state index contributed by atoms with van der Waals surface area (Å²) >= 11 is 1.07. The zero-order valence-corrected chi connectivity index (χ0v) is 19.7. The molecule has 2 heterocycles. The third-order valence-electron chi connectivity index (χ3n) is 4.95. The monoisotopic (exact) mass is 477 g/mol. The molecule has 1 fully saturated rings. The lowest BCUT2D eigenvalue weighted by Crippen LogP contribution is -2.39. The summed E-state index contributed by atoms with van der Waals surface area (Å²) in [5, 5.41) is 0. The average molecular weight is 478 g/mol. The van der Waals surface area contributed by atoms with Crippen molar-refractivity contribution in [3.63, 3.8) is 0 Å². The van der Waals surface area contributed by atoms with Gasteiger partial charge in [0.05, 0.1) is 16.3 Å². The molecule has 3 rings (SSSR count). The van der Waals surface area contributed by atoms with Crippen molar-refractivity contribution in [1.82, 2.24) is 4.31 Å². The third kappa shape index (κ3) is 4.68. The highest BCUT2D eigenvalue weighted by atomic mass is 32.2. The Kier molecular flexibility index (Phi) is 6.57. The van der Waals surface area contributed by atoms with Crippen LogP contribution in [-0.2, 0) is 21.0 Å². The number of alkyl halides is 2. The van der Waals surface area contributed by atoms with Crippen LogP contribution in [0.4, 0.5) is 20.2 Å². The van der Waals surface area contributed by atoms with Gasteiger partial charge in [-0.3, -0.25) is 4.72 Å². The van der Waals surface area contributed by atoms with Crippen LogP contribution in [0.3, 0.4) is 0 Å². The van der Waals surface area contributed by atoms with Crippen molar-refractivity contribution in [2.24, 2.45) is 0 Å². The maximum atomic E-state index is 13.5. The number of nitrogens with zero attached hydrogens (tertiary/aromatic N) is 2. The van der Waals surface area contributed by atoms with Crippen LogP contribution in [0.15, 0.2) is 33.4 Å². The number of halogens is 2. The van der Waals surface area contributed by atoms with Gasteiger partial charge in [-0.1, -0.05) is 12.1 Å². The summed E-state index contributed by atoms with van der Waals surface area (Å²) in [6.07, 6.45) is -0.534. The lowest BCUT2D eigenvalue weighted by Gasteiger charge is -2.34. The summed E-state index contributed by atoms with van der Waals surface area (Å²) < 4.78 is 70.2. The number of rotatable bonds is 6. The first-order chi connectivity index (χ1) is 13.9.